The van der Waals surface area contributed by atoms with E-state index in [-0.39, 0.29) is 13.0 Å². The van der Waals surface area contributed by atoms with Crippen LogP contribution in [0.3, 0.4) is 0 Å². The fourth-order valence-electron chi connectivity index (χ4n) is 1.88. The lowest BCUT2D eigenvalue weighted by molar-refractivity contribution is -0.117. The number of methoxy groups -OCH3 is 1. The van der Waals surface area contributed by atoms with Gasteiger partial charge in [0.1, 0.15) is 11.0 Å². The van der Waals surface area contributed by atoms with Gasteiger partial charge < -0.3 is 9.64 Å². The quantitative estimate of drug-likeness (QED) is 0.774. The number of carbonyl (C=O) groups excluding carboxylic acids is 1. The number of hydrogen-bond donors (Lipinski definition) is 0. The van der Waals surface area contributed by atoms with E-state index in [0.717, 1.165) is 0 Å². The molecule has 1 heterocycles. The molecule has 0 saturated carbocycles. The summed E-state index contributed by atoms with van der Waals surface area (Å²) in [6.45, 7) is -0.149. The highest BCUT2D eigenvalue weighted by Gasteiger charge is 2.38. The Morgan fingerprint density at radius 2 is 1.94 bits per heavy atom. The lowest BCUT2D eigenvalue weighted by Gasteiger charge is -2.16. The maximum atomic E-state index is 12.8. The van der Waals surface area contributed by atoms with Gasteiger partial charge in [-0.05, 0) is 24.3 Å². The Bertz CT molecular complexity index is 555. The van der Waals surface area contributed by atoms with E-state index >= 15 is 0 Å². The van der Waals surface area contributed by atoms with Crippen LogP contribution in [-0.2, 0) is 15.0 Å². The molecule has 1 saturated heterocycles. The highest BCUT2D eigenvalue weighted by atomic mass is 32.3. The minimum atomic E-state index is -4.68. The molecule has 0 aliphatic carbocycles. The summed E-state index contributed by atoms with van der Waals surface area (Å²) >= 11 is 0. The van der Waals surface area contributed by atoms with Crippen molar-refractivity contribution in [1.82, 2.24) is 0 Å². The first-order chi connectivity index (χ1) is 8.41. The van der Waals surface area contributed by atoms with Crippen LogP contribution >= 0.6 is 0 Å². The van der Waals surface area contributed by atoms with Crippen molar-refractivity contribution in [2.75, 3.05) is 18.6 Å². The maximum absolute atomic E-state index is 12.8. The molecular formula is C11H12FNO4S. The van der Waals surface area contributed by atoms with E-state index in [1.165, 1.54) is 12.0 Å². The van der Waals surface area contributed by atoms with E-state index in [9.17, 15) is 17.1 Å². The van der Waals surface area contributed by atoms with Crippen molar-refractivity contribution in [3.63, 3.8) is 0 Å². The second kappa shape index (κ2) is 4.56. The summed E-state index contributed by atoms with van der Waals surface area (Å²) in [5, 5.41) is -1.27. The van der Waals surface area contributed by atoms with Crippen molar-refractivity contribution in [2.24, 2.45) is 0 Å². The second-order valence-corrected chi connectivity index (χ2v) is 5.62. The van der Waals surface area contributed by atoms with Gasteiger partial charge in [-0.25, -0.2) is 0 Å². The van der Waals surface area contributed by atoms with Crippen LogP contribution < -0.4 is 9.64 Å². The summed E-state index contributed by atoms with van der Waals surface area (Å²) in [6.07, 6.45) is -0.315. The zero-order valence-electron chi connectivity index (χ0n) is 9.67. The van der Waals surface area contributed by atoms with Crippen molar-refractivity contribution in [1.29, 1.82) is 0 Å². The Balaban J connectivity index is 2.21. The molecule has 1 aliphatic rings. The number of nitrogens with zero attached hydrogens (tertiary/aromatic N) is 1. The van der Waals surface area contributed by atoms with Gasteiger partial charge in [0.2, 0.25) is 5.91 Å². The summed E-state index contributed by atoms with van der Waals surface area (Å²) < 4.78 is 39.4. The number of hydrogen-bond acceptors (Lipinski definition) is 4. The highest BCUT2D eigenvalue weighted by Crippen LogP contribution is 2.27. The molecule has 1 fully saturated rings. The Morgan fingerprint density at radius 3 is 2.39 bits per heavy atom. The number of rotatable bonds is 3. The average Bonchev–Trinajstić information content (AvgIpc) is 2.71. The zero-order valence-corrected chi connectivity index (χ0v) is 10.5. The molecule has 1 unspecified atom stereocenters. The lowest BCUT2D eigenvalue weighted by atomic mass is 10.3. The molecule has 98 valence electrons. The van der Waals surface area contributed by atoms with Gasteiger partial charge in [0.25, 0.3) is 0 Å². The van der Waals surface area contributed by atoms with E-state index in [2.05, 4.69) is 0 Å². The van der Waals surface area contributed by atoms with E-state index in [1.807, 2.05) is 0 Å². The molecule has 0 bridgehead atoms. The number of carbonyl (C=O) groups is 1. The van der Waals surface area contributed by atoms with Gasteiger partial charge >= 0.3 is 10.2 Å². The van der Waals surface area contributed by atoms with Gasteiger partial charge in [-0.2, -0.15) is 8.42 Å². The molecule has 7 heteroatoms. The Morgan fingerprint density at radius 1 is 1.33 bits per heavy atom. The van der Waals surface area contributed by atoms with Gasteiger partial charge in [0.05, 0.1) is 7.11 Å². The fourth-order valence-corrected chi connectivity index (χ4v) is 2.54. The molecule has 1 aromatic carbocycles. The van der Waals surface area contributed by atoms with Crippen LogP contribution in [0.2, 0.25) is 0 Å². The Labute approximate surface area is 104 Å². The third-order valence-corrected chi connectivity index (χ3v) is 3.98. The van der Waals surface area contributed by atoms with Gasteiger partial charge in [-0.15, -0.1) is 3.89 Å². The molecule has 18 heavy (non-hydrogen) atoms. The molecule has 1 amide bonds. The summed E-state index contributed by atoms with van der Waals surface area (Å²) in [5.41, 5.74) is 0.534. The maximum Gasteiger partial charge on any atom is 0.307 e. The van der Waals surface area contributed by atoms with Crippen LogP contribution in [0.25, 0.3) is 0 Å². The van der Waals surface area contributed by atoms with Crippen molar-refractivity contribution in [2.45, 2.75) is 11.7 Å². The van der Waals surface area contributed by atoms with E-state index in [4.69, 9.17) is 4.74 Å². The first-order valence-corrected chi connectivity index (χ1v) is 6.74. The third kappa shape index (κ3) is 2.45. The van der Waals surface area contributed by atoms with Crippen LogP contribution in [0.15, 0.2) is 24.3 Å². The highest BCUT2D eigenvalue weighted by molar-refractivity contribution is 7.87. The number of ether oxygens (including phenoxy) is 1. The summed E-state index contributed by atoms with van der Waals surface area (Å²) in [5.74, 6) is 0.228. The summed E-state index contributed by atoms with van der Waals surface area (Å²) in [6, 6.07) is 6.56. The molecule has 1 aliphatic heterocycles. The fraction of sp³-hybridized carbons (Fsp3) is 0.364. The van der Waals surface area contributed by atoms with Crippen molar-refractivity contribution in [3.05, 3.63) is 24.3 Å². The SMILES string of the molecule is COc1ccc(N2CC(S(=O)(=O)F)CC2=O)cc1. The molecule has 5 nitrogen and oxygen atoms in total. The zero-order chi connectivity index (χ0) is 13.3. The molecule has 2 rings (SSSR count). The van der Waals surface area contributed by atoms with Gasteiger partial charge in [-0.1, -0.05) is 0 Å². The van der Waals surface area contributed by atoms with E-state index in [1.54, 1.807) is 24.3 Å². The monoisotopic (exact) mass is 273 g/mol. The number of amides is 1. The van der Waals surface area contributed by atoms with Gasteiger partial charge in [0.15, 0.2) is 0 Å². The van der Waals surface area contributed by atoms with Crippen LogP contribution in [0.1, 0.15) is 6.42 Å². The number of halogens is 1. The molecular weight excluding hydrogens is 261 g/mol. The smallest absolute Gasteiger partial charge is 0.307 e. The van der Waals surface area contributed by atoms with Crippen LogP contribution in [0.5, 0.6) is 5.75 Å². The molecule has 0 spiro atoms. The molecule has 0 N–H and O–H groups in total. The van der Waals surface area contributed by atoms with E-state index in [0.29, 0.717) is 11.4 Å². The number of anilines is 1. The Hall–Kier alpha value is -1.63. The normalized spacial score (nSPS) is 20.2. The first kappa shape index (κ1) is 12.8. The molecule has 0 aromatic heterocycles. The van der Waals surface area contributed by atoms with Crippen molar-refractivity contribution < 1.29 is 21.8 Å². The van der Waals surface area contributed by atoms with Crippen LogP contribution in [0, 0.1) is 0 Å². The predicted molar refractivity (Wildman–Crippen MR) is 63.8 cm³/mol. The van der Waals surface area contributed by atoms with Crippen molar-refractivity contribution in [3.8, 4) is 5.75 Å². The van der Waals surface area contributed by atoms with Gasteiger partial charge in [-0.3, -0.25) is 4.79 Å². The largest absolute Gasteiger partial charge is 0.497 e. The molecule has 0 radical (unpaired) electrons. The third-order valence-electron chi connectivity index (χ3n) is 2.87. The Kier molecular flexibility index (Phi) is 3.25. The second-order valence-electron chi connectivity index (χ2n) is 4.00. The first-order valence-electron chi connectivity index (χ1n) is 5.29. The molecule has 1 aromatic rings. The standard InChI is InChI=1S/C11H12FNO4S/c1-17-9-4-2-8(3-5-9)13-7-10(6-11(13)14)18(12,15)16/h2-5,10H,6-7H2,1H3. The van der Waals surface area contributed by atoms with Crippen LogP contribution in [0.4, 0.5) is 9.57 Å². The minimum Gasteiger partial charge on any atom is -0.497 e. The van der Waals surface area contributed by atoms with Crippen molar-refractivity contribution >= 4 is 21.8 Å². The minimum absolute atomic E-state index is 0.149. The predicted octanol–water partition coefficient (Wildman–Crippen LogP) is 1.10. The lowest BCUT2D eigenvalue weighted by Crippen LogP contribution is -2.26. The topological polar surface area (TPSA) is 63.7 Å². The molecule has 1 atom stereocenters. The summed E-state index contributed by atoms with van der Waals surface area (Å²) in [4.78, 5) is 12.9. The number of benzene rings is 1. The van der Waals surface area contributed by atoms with Gasteiger partial charge in [0, 0.05) is 18.7 Å². The van der Waals surface area contributed by atoms with Crippen LogP contribution in [-0.4, -0.2) is 33.2 Å². The summed E-state index contributed by atoms with van der Waals surface area (Å²) in [7, 11) is -3.16. The average molecular weight is 273 g/mol. The van der Waals surface area contributed by atoms with E-state index < -0.39 is 21.4 Å².